The molecule has 5 heteroatoms. The van der Waals surface area contributed by atoms with Crippen molar-refractivity contribution < 1.29 is 13.9 Å². The average molecular weight is 280 g/mol. The van der Waals surface area contributed by atoms with Gasteiger partial charge in [-0.25, -0.2) is 4.39 Å². The largest absolute Gasteiger partial charge is 0.490 e. The second-order valence-electron chi connectivity index (χ2n) is 4.94. The second kappa shape index (κ2) is 7.24. The number of nitrogens with one attached hydrogen (secondary N) is 2. The minimum atomic E-state index is -0.379. The van der Waals surface area contributed by atoms with E-state index in [1.165, 1.54) is 18.9 Å². The fourth-order valence-corrected chi connectivity index (χ4v) is 1.93. The molecule has 1 aliphatic rings. The smallest absolute Gasteiger partial charge is 0.223 e. The van der Waals surface area contributed by atoms with Gasteiger partial charge < -0.3 is 15.4 Å². The standard InChI is InChI=1S/C15H21FN2O2/c1-2-17-14(19)8-9-20-15-11(4-3-5-13(15)16)10-18-12-6-7-12/h3-5,12,18H,2,6-10H2,1H3,(H,17,19). The first kappa shape index (κ1) is 14.8. The highest BCUT2D eigenvalue weighted by atomic mass is 19.1. The molecule has 1 aromatic carbocycles. The van der Waals surface area contributed by atoms with Gasteiger partial charge in [0.1, 0.15) is 0 Å². The molecule has 0 bridgehead atoms. The summed E-state index contributed by atoms with van der Waals surface area (Å²) >= 11 is 0. The lowest BCUT2D eigenvalue weighted by molar-refractivity contribution is -0.121. The van der Waals surface area contributed by atoms with Crippen molar-refractivity contribution in [2.45, 2.75) is 38.8 Å². The van der Waals surface area contributed by atoms with Crippen LogP contribution in [-0.4, -0.2) is 25.1 Å². The van der Waals surface area contributed by atoms with E-state index in [0.717, 1.165) is 5.56 Å². The quantitative estimate of drug-likeness (QED) is 0.765. The monoisotopic (exact) mass is 280 g/mol. The molecule has 0 unspecified atom stereocenters. The third-order valence-electron chi connectivity index (χ3n) is 3.16. The highest BCUT2D eigenvalue weighted by Gasteiger charge is 2.21. The predicted molar refractivity (Wildman–Crippen MR) is 75.1 cm³/mol. The Morgan fingerprint density at radius 2 is 2.25 bits per heavy atom. The molecular formula is C15H21FN2O2. The molecule has 2 rings (SSSR count). The zero-order valence-electron chi connectivity index (χ0n) is 11.7. The Bertz CT molecular complexity index is 461. The molecule has 0 aromatic heterocycles. The highest BCUT2D eigenvalue weighted by Crippen LogP contribution is 2.25. The van der Waals surface area contributed by atoms with E-state index < -0.39 is 0 Å². The fourth-order valence-electron chi connectivity index (χ4n) is 1.93. The fraction of sp³-hybridized carbons (Fsp3) is 0.533. The third kappa shape index (κ3) is 4.49. The van der Waals surface area contributed by atoms with Crippen LogP contribution in [-0.2, 0) is 11.3 Å². The van der Waals surface area contributed by atoms with Crippen molar-refractivity contribution in [2.24, 2.45) is 0 Å². The summed E-state index contributed by atoms with van der Waals surface area (Å²) in [5.41, 5.74) is 0.799. The van der Waals surface area contributed by atoms with Crippen molar-refractivity contribution in [1.29, 1.82) is 0 Å². The van der Waals surface area contributed by atoms with Crippen LogP contribution in [0.1, 0.15) is 31.7 Å². The van der Waals surface area contributed by atoms with Crippen molar-refractivity contribution in [3.63, 3.8) is 0 Å². The Morgan fingerprint density at radius 3 is 2.95 bits per heavy atom. The minimum Gasteiger partial charge on any atom is -0.490 e. The summed E-state index contributed by atoms with van der Waals surface area (Å²) in [6, 6.07) is 5.46. The third-order valence-corrected chi connectivity index (χ3v) is 3.16. The maximum atomic E-state index is 13.8. The number of benzene rings is 1. The van der Waals surface area contributed by atoms with Crippen molar-refractivity contribution in [1.82, 2.24) is 10.6 Å². The van der Waals surface area contributed by atoms with E-state index in [1.807, 2.05) is 13.0 Å². The first-order chi connectivity index (χ1) is 9.70. The molecule has 1 saturated carbocycles. The van der Waals surface area contributed by atoms with Crippen LogP contribution >= 0.6 is 0 Å². The zero-order chi connectivity index (χ0) is 14.4. The van der Waals surface area contributed by atoms with Gasteiger partial charge in [0.2, 0.25) is 5.91 Å². The number of para-hydroxylation sites is 1. The molecule has 0 aliphatic heterocycles. The number of hydrogen-bond acceptors (Lipinski definition) is 3. The number of carbonyl (C=O) groups is 1. The van der Waals surface area contributed by atoms with Crippen molar-refractivity contribution >= 4 is 5.91 Å². The predicted octanol–water partition coefficient (Wildman–Crippen LogP) is 1.98. The van der Waals surface area contributed by atoms with E-state index in [0.29, 0.717) is 19.1 Å². The molecule has 0 heterocycles. The van der Waals surface area contributed by atoms with Crippen LogP contribution in [0.25, 0.3) is 0 Å². The number of ether oxygens (including phenoxy) is 1. The van der Waals surface area contributed by atoms with Crippen LogP contribution in [0.15, 0.2) is 18.2 Å². The Hall–Kier alpha value is -1.62. The van der Waals surface area contributed by atoms with Gasteiger partial charge >= 0.3 is 0 Å². The lowest BCUT2D eigenvalue weighted by Crippen LogP contribution is -2.24. The molecule has 1 amide bonds. The molecule has 0 radical (unpaired) electrons. The van der Waals surface area contributed by atoms with Crippen LogP contribution in [0.4, 0.5) is 4.39 Å². The molecule has 0 spiro atoms. The minimum absolute atomic E-state index is 0.0819. The number of amides is 1. The van der Waals surface area contributed by atoms with E-state index in [2.05, 4.69) is 10.6 Å². The Balaban J connectivity index is 1.88. The van der Waals surface area contributed by atoms with Gasteiger partial charge in [0, 0.05) is 24.7 Å². The molecule has 110 valence electrons. The molecule has 0 saturated heterocycles. The lowest BCUT2D eigenvalue weighted by Gasteiger charge is -2.13. The zero-order valence-corrected chi connectivity index (χ0v) is 11.7. The van der Waals surface area contributed by atoms with Crippen molar-refractivity contribution in [3.8, 4) is 5.75 Å². The van der Waals surface area contributed by atoms with Crippen LogP contribution < -0.4 is 15.4 Å². The van der Waals surface area contributed by atoms with Crippen LogP contribution in [0.2, 0.25) is 0 Å². The molecular weight excluding hydrogens is 259 g/mol. The van der Waals surface area contributed by atoms with Gasteiger partial charge in [-0.1, -0.05) is 12.1 Å². The van der Waals surface area contributed by atoms with Gasteiger partial charge in [-0.05, 0) is 25.8 Å². The van der Waals surface area contributed by atoms with Crippen molar-refractivity contribution in [3.05, 3.63) is 29.6 Å². The molecule has 2 N–H and O–H groups in total. The topological polar surface area (TPSA) is 50.4 Å². The van der Waals surface area contributed by atoms with E-state index in [-0.39, 0.29) is 30.5 Å². The summed E-state index contributed by atoms with van der Waals surface area (Å²) in [5.74, 6) is -0.206. The lowest BCUT2D eigenvalue weighted by atomic mass is 10.2. The maximum absolute atomic E-state index is 13.8. The van der Waals surface area contributed by atoms with Gasteiger partial charge in [-0.2, -0.15) is 0 Å². The van der Waals surface area contributed by atoms with Crippen LogP contribution in [0.5, 0.6) is 5.75 Å². The molecule has 1 aromatic rings. The Morgan fingerprint density at radius 1 is 1.45 bits per heavy atom. The normalized spacial score (nSPS) is 14.1. The Kier molecular flexibility index (Phi) is 5.35. The summed E-state index contributed by atoms with van der Waals surface area (Å²) in [5, 5.41) is 6.02. The Labute approximate surface area is 118 Å². The van der Waals surface area contributed by atoms with Gasteiger partial charge in [0.25, 0.3) is 0 Å². The van der Waals surface area contributed by atoms with Gasteiger partial charge in [-0.15, -0.1) is 0 Å². The van der Waals surface area contributed by atoms with Gasteiger partial charge in [-0.3, -0.25) is 4.79 Å². The number of halogens is 1. The summed E-state index contributed by atoms with van der Waals surface area (Å²) < 4.78 is 19.3. The summed E-state index contributed by atoms with van der Waals surface area (Å²) in [6.45, 7) is 3.23. The number of rotatable bonds is 8. The molecule has 4 nitrogen and oxygen atoms in total. The van der Waals surface area contributed by atoms with Crippen LogP contribution in [0, 0.1) is 5.82 Å². The molecule has 20 heavy (non-hydrogen) atoms. The van der Waals surface area contributed by atoms with Gasteiger partial charge in [0.05, 0.1) is 13.0 Å². The maximum Gasteiger partial charge on any atom is 0.223 e. The van der Waals surface area contributed by atoms with E-state index >= 15 is 0 Å². The summed E-state index contributed by atoms with van der Waals surface area (Å²) in [6.07, 6.45) is 2.60. The highest BCUT2D eigenvalue weighted by molar-refractivity contribution is 5.75. The molecule has 1 aliphatic carbocycles. The first-order valence-electron chi connectivity index (χ1n) is 7.11. The van der Waals surface area contributed by atoms with Gasteiger partial charge in [0.15, 0.2) is 11.6 Å². The number of carbonyl (C=O) groups excluding carboxylic acids is 1. The average Bonchev–Trinajstić information content (AvgIpc) is 3.23. The van der Waals surface area contributed by atoms with E-state index in [4.69, 9.17) is 4.74 Å². The summed E-state index contributed by atoms with van der Waals surface area (Å²) in [7, 11) is 0. The van der Waals surface area contributed by atoms with E-state index in [9.17, 15) is 9.18 Å². The number of hydrogen-bond donors (Lipinski definition) is 2. The van der Waals surface area contributed by atoms with Crippen LogP contribution in [0.3, 0.4) is 0 Å². The molecule has 0 atom stereocenters. The second-order valence-corrected chi connectivity index (χ2v) is 4.94. The van der Waals surface area contributed by atoms with E-state index in [1.54, 1.807) is 6.07 Å². The van der Waals surface area contributed by atoms with Crippen molar-refractivity contribution in [2.75, 3.05) is 13.2 Å². The molecule has 1 fully saturated rings. The summed E-state index contributed by atoms with van der Waals surface area (Å²) in [4.78, 5) is 11.3. The first-order valence-corrected chi connectivity index (χ1v) is 7.11. The SMILES string of the molecule is CCNC(=O)CCOc1c(F)cccc1CNC1CC1.